The van der Waals surface area contributed by atoms with Gasteiger partial charge in [-0.25, -0.2) is 4.79 Å². The van der Waals surface area contributed by atoms with Crippen LogP contribution in [-0.4, -0.2) is 33.2 Å². The molecule has 146 valence electrons. The highest BCUT2D eigenvalue weighted by Gasteiger charge is 2.25. The first kappa shape index (κ1) is 19.9. The Morgan fingerprint density at radius 1 is 1.18 bits per heavy atom. The van der Waals surface area contributed by atoms with Crippen molar-refractivity contribution in [2.75, 3.05) is 6.61 Å². The molecule has 0 fully saturated rings. The Kier molecular flexibility index (Phi) is 5.71. The predicted molar refractivity (Wildman–Crippen MR) is 109 cm³/mol. The number of carbonyl (C=O) groups excluding carboxylic acids is 1. The molecule has 3 rings (SSSR count). The van der Waals surface area contributed by atoms with Crippen molar-refractivity contribution < 1.29 is 19.4 Å². The fourth-order valence-corrected chi connectivity index (χ4v) is 3.01. The summed E-state index contributed by atoms with van der Waals surface area (Å²) in [5.74, 6) is 0.253. The van der Waals surface area contributed by atoms with Crippen molar-refractivity contribution in [3.8, 4) is 28.6 Å². The van der Waals surface area contributed by atoms with Gasteiger partial charge >= 0.3 is 6.09 Å². The average molecular weight is 446 g/mol. The molecule has 0 atom stereocenters. The molecule has 0 unspecified atom stereocenters. The van der Waals surface area contributed by atoms with Crippen molar-refractivity contribution in [3.63, 3.8) is 0 Å². The molecule has 0 bridgehead atoms. The summed E-state index contributed by atoms with van der Waals surface area (Å²) in [6.45, 7) is 3.23. The number of benzene rings is 2. The number of para-hydroxylation sites is 1. The maximum atomic E-state index is 11.4. The van der Waals surface area contributed by atoms with E-state index >= 15 is 0 Å². The molecule has 1 aromatic heterocycles. The summed E-state index contributed by atoms with van der Waals surface area (Å²) in [5.41, 5.74) is 6.69. The monoisotopic (exact) mass is 445 g/mol. The number of ether oxygens (including phenoxy) is 2. The second-order valence-electron chi connectivity index (χ2n) is 6.74. The van der Waals surface area contributed by atoms with Crippen molar-refractivity contribution in [1.29, 1.82) is 0 Å². The zero-order chi connectivity index (χ0) is 20.3. The molecule has 1 heterocycles. The molecular weight excluding hydrogens is 426 g/mol. The van der Waals surface area contributed by atoms with Gasteiger partial charge in [0.2, 0.25) is 5.88 Å². The largest absolute Gasteiger partial charge is 0.473 e. The quantitative estimate of drug-likeness (QED) is 0.598. The van der Waals surface area contributed by atoms with Gasteiger partial charge in [-0.3, -0.25) is 0 Å². The number of hydrogen-bond acceptors (Lipinski definition) is 5. The molecule has 8 heteroatoms. The van der Waals surface area contributed by atoms with Crippen molar-refractivity contribution in [2.45, 2.75) is 19.4 Å². The van der Waals surface area contributed by atoms with Crippen molar-refractivity contribution in [1.82, 2.24) is 9.78 Å². The van der Waals surface area contributed by atoms with Gasteiger partial charge < -0.3 is 20.3 Å². The third-order valence-electron chi connectivity index (χ3n) is 3.74. The number of aromatic nitrogens is 2. The van der Waals surface area contributed by atoms with E-state index in [4.69, 9.17) is 15.2 Å². The van der Waals surface area contributed by atoms with E-state index in [0.717, 1.165) is 11.1 Å². The van der Waals surface area contributed by atoms with Gasteiger partial charge in [0.25, 0.3) is 5.88 Å². The van der Waals surface area contributed by atoms with Gasteiger partial charge in [-0.2, -0.15) is 4.68 Å². The number of rotatable bonds is 6. The minimum absolute atomic E-state index is 0.00103. The molecule has 0 saturated heterocycles. The normalized spacial score (nSPS) is 11.3. The van der Waals surface area contributed by atoms with Crippen LogP contribution in [0.25, 0.3) is 16.8 Å². The Morgan fingerprint density at radius 3 is 2.46 bits per heavy atom. The average Bonchev–Trinajstić information content (AvgIpc) is 2.95. The number of hydrogen-bond donors (Lipinski definition) is 2. The number of amides is 1. The minimum Gasteiger partial charge on any atom is -0.473 e. The fourth-order valence-electron chi connectivity index (χ4n) is 2.57. The van der Waals surface area contributed by atoms with E-state index in [1.165, 1.54) is 4.68 Å². The lowest BCUT2D eigenvalue weighted by molar-refractivity contribution is 0.0264. The lowest BCUT2D eigenvalue weighted by Gasteiger charge is -2.16. The first-order valence-corrected chi connectivity index (χ1v) is 9.31. The molecule has 0 radical (unpaired) electrons. The standard InChI is InChI=1S/C20H20BrN3O4/c1-20(2,26)12-27-17-16(21)18(28-19(22)25)24(23-17)15-11-7-6-10-14(15)13-8-4-3-5-9-13/h3-11,26H,12H2,1-2H3,(H2,22,25). The molecule has 3 N–H and O–H groups in total. The summed E-state index contributed by atoms with van der Waals surface area (Å²) < 4.78 is 12.6. The highest BCUT2D eigenvalue weighted by Crippen LogP contribution is 2.38. The van der Waals surface area contributed by atoms with E-state index in [0.29, 0.717) is 10.2 Å². The fraction of sp³-hybridized carbons (Fsp3) is 0.200. The van der Waals surface area contributed by atoms with Crippen molar-refractivity contribution >= 4 is 22.0 Å². The lowest BCUT2D eigenvalue weighted by atomic mass is 10.0. The summed E-state index contributed by atoms with van der Waals surface area (Å²) in [4.78, 5) is 11.4. The van der Waals surface area contributed by atoms with Gasteiger partial charge in [0, 0.05) is 5.56 Å². The first-order valence-electron chi connectivity index (χ1n) is 8.52. The molecule has 1 amide bonds. The van der Waals surface area contributed by atoms with E-state index in [9.17, 15) is 9.90 Å². The van der Waals surface area contributed by atoms with E-state index in [2.05, 4.69) is 21.0 Å². The van der Waals surface area contributed by atoms with E-state index in [-0.39, 0.29) is 18.4 Å². The molecule has 7 nitrogen and oxygen atoms in total. The summed E-state index contributed by atoms with van der Waals surface area (Å²) in [7, 11) is 0. The second-order valence-corrected chi connectivity index (χ2v) is 7.53. The van der Waals surface area contributed by atoms with Crippen LogP contribution in [0.15, 0.2) is 59.1 Å². The first-order chi connectivity index (χ1) is 13.3. The molecule has 0 aliphatic carbocycles. The van der Waals surface area contributed by atoms with E-state index < -0.39 is 11.7 Å². The van der Waals surface area contributed by atoms with Gasteiger partial charge in [-0.1, -0.05) is 48.5 Å². The van der Waals surface area contributed by atoms with Gasteiger partial charge in [0.15, 0.2) is 0 Å². The Balaban J connectivity index is 2.12. The molecule has 28 heavy (non-hydrogen) atoms. The summed E-state index contributed by atoms with van der Waals surface area (Å²) >= 11 is 3.35. The van der Waals surface area contributed by atoms with Crippen LogP contribution in [0.5, 0.6) is 11.8 Å². The number of primary amides is 1. The van der Waals surface area contributed by atoms with E-state index in [1.54, 1.807) is 13.8 Å². The zero-order valence-corrected chi connectivity index (χ0v) is 17.0. The SMILES string of the molecule is CC(C)(O)COc1nn(-c2ccccc2-c2ccccc2)c(OC(N)=O)c1Br. The number of carbonyl (C=O) groups is 1. The van der Waals surface area contributed by atoms with Crippen LogP contribution in [0.2, 0.25) is 0 Å². The zero-order valence-electron chi connectivity index (χ0n) is 15.4. The second kappa shape index (κ2) is 8.04. The molecule has 0 aliphatic heterocycles. The van der Waals surface area contributed by atoms with Crippen LogP contribution in [0.4, 0.5) is 4.79 Å². The smallest absolute Gasteiger partial charge is 0.411 e. The number of nitrogens with zero attached hydrogens (tertiary/aromatic N) is 2. The van der Waals surface area contributed by atoms with Crippen LogP contribution < -0.4 is 15.2 Å². The molecule has 0 aliphatic rings. The summed E-state index contributed by atoms with van der Waals surface area (Å²) in [6, 6.07) is 17.3. The number of nitrogens with two attached hydrogens (primary N) is 1. The number of aliphatic hydroxyl groups is 1. The lowest BCUT2D eigenvalue weighted by Crippen LogP contribution is -2.28. The van der Waals surface area contributed by atoms with Crippen LogP contribution in [-0.2, 0) is 0 Å². The molecule has 0 spiro atoms. The van der Waals surface area contributed by atoms with Gasteiger partial charge in [-0.15, -0.1) is 5.10 Å². The van der Waals surface area contributed by atoms with Crippen LogP contribution in [0.1, 0.15) is 13.8 Å². The van der Waals surface area contributed by atoms with Gasteiger partial charge in [-0.05, 0) is 41.4 Å². The van der Waals surface area contributed by atoms with Crippen LogP contribution >= 0.6 is 15.9 Å². The Labute approximate surface area is 170 Å². The third-order valence-corrected chi connectivity index (χ3v) is 4.41. The van der Waals surface area contributed by atoms with Gasteiger partial charge in [0.1, 0.15) is 11.1 Å². The Bertz CT molecular complexity index is 981. The summed E-state index contributed by atoms with van der Waals surface area (Å²) in [6.07, 6.45) is -0.979. The predicted octanol–water partition coefficient (Wildman–Crippen LogP) is 3.91. The third kappa shape index (κ3) is 4.52. The van der Waals surface area contributed by atoms with Crippen LogP contribution in [0, 0.1) is 0 Å². The molecule has 0 saturated carbocycles. The maximum Gasteiger partial charge on any atom is 0.411 e. The Hall–Kier alpha value is -2.84. The highest BCUT2D eigenvalue weighted by molar-refractivity contribution is 9.10. The topological polar surface area (TPSA) is 99.6 Å². The highest BCUT2D eigenvalue weighted by atomic mass is 79.9. The summed E-state index contributed by atoms with van der Waals surface area (Å²) in [5, 5.41) is 14.3. The minimum atomic E-state index is -1.06. The van der Waals surface area contributed by atoms with Crippen LogP contribution in [0.3, 0.4) is 0 Å². The molecular formula is C20H20BrN3O4. The van der Waals surface area contributed by atoms with Crippen molar-refractivity contribution in [2.24, 2.45) is 5.73 Å². The van der Waals surface area contributed by atoms with Gasteiger partial charge in [0.05, 0.1) is 11.3 Å². The molecule has 2 aromatic carbocycles. The van der Waals surface area contributed by atoms with Crippen molar-refractivity contribution in [3.05, 3.63) is 59.1 Å². The maximum absolute atomic E-state index is 11.4. The number of halogens is 1. The Morgan fingerprint density at radius 2 is 1.82 bits per heavy atom. The molecule has 3 aromatic rings. The van der Waals surface area contributed by atoms with E-state index in [1.807, 2.05) is 54.6 Å².